The van der Waals surface area contributed by atoms with E-state index < -0.39 is 0 Å². The minimum Gasteiger partial charge on any atom is -0.493 e. The van der Waals surface area contributed by atoms with E-state index in [1.54, 1.807) is 21.3 Å². The molecule has 1 aromatic rings. The van der Waals surface area contributed by atoms with Gasteiger partial charge in [-0.05, 0) is 58.2 Å². The van der Waals surface area contributed by atoms with E-state index in [1.807, 2.05) is 6.07 Å². The largest absolute Gasteiger partial charge is 0.493 e. The molecule has 4 heteroatoms. The highest BCUT2D eigenvalue weighted by molar-refractivity contribution is 5.55. The number of nitrogens with one attached hydrogen (secondary N) is 1. The molecule has 0 bridgehead atoms. The molecule has 4 nitrogen and oxygen atoms in total. The lowest BCUT2D eigenvalue weighted by Gasteiger charge is -2.20. The molecule has 0 aliphatic carbocycles. The van der Waals surface area contributed by atoms with Crippen LogP contribution in [0, 0.1) is 0 Å². The van der Waals surface area contributed by atoms with Crippen molar-refractivity contribution in [1.82, 2.24) is 5.32 Å². The highest BCUT2D eigenvalue weighted by Gasteiger charge is 2.15. The van der Waals surface area contributed by atoms with E-state index in [0.29, 0.717) is 11.5 Å². The third kappa shape index (κ3) is 5.46. The van der Waals surface area contributed by atoms with Gasteiger partial charge in [-0.1, -0.05) is 6.07 Å². The van der Waals surface area contributed by atoms with Gasteiger partial charge in [0, 0.05) is 5.54 Å². The number of rotatable bonds is 8. The fraction of sp³-hybridized carbons (Fsp3) is 0.647. The van der Waals surface area contributed by atoms with E-state index in [9.17, 15) is 0 Å². The number of hydrogen-bond acceptors (Lipinski definition) is 4. The van der Waals surface area contributed by atoms with Crippen LogP contribution in [-0.4, -0.2) is 33.4 Å². The molecule has 1 aromatic carbocycles. The molecular formula is C17H29NO3. The van der Waals surface area contributed by atoms with Crippen LogP contribution < -0.4 is 19.5 Å². The second-order valence-corrected chi connectivity index (χ2v) is 6.13. The summed E-state index contributed by atoms with van der Waals surface area (Å²) in [6.45, 7) is 7.58. The first-order valence-corrected chi connectivity index (χ1v) is 7.45. The number of aryl methyl sites for hydroxylation is 1. The fourth-order valence-electron chi connectivity index (χ4n) is 2.26. The predicted molar refractivity (Wildman–Crippen MR) is 86.8 cm³/mol. The van der Waals surface area contributed by atoms with Gasteiger partial charge in [-0.25, -0.2) is 0 Å². The summed E-state index contributed by atoms with van der Waals surface area (Å²) < 4.78 is 16.2. The molecule has 120 valence electrons. The standard InChI is InChI=1S/C17H29NO3/c1-17(2,3)18-12-8-7-9-13-10-11-14(19-4)16(21-6)15(13)20-5/h10-11,18H,7-9,12H2,1-6H3. The van der Waals surface area contributed by atoms with Crippen molar-refractivity contribution < 1.29 is 14.2 Å². The molecule has 1 rings (SSSR count). The van der Waals surface area contributed by atoms with Crippen LogP contribution in [0.15, 0.2) is 12.1 Å². The third-order valence-corrected chi connectivity index (χ3v) is 3.31. The summed E-state index contributed by atoms with van der Waals surface area (Å²) in [7, 11) is 4.94. The van der Waals surface area contributed by atoms with Crippen LogP contribution in [0.4, 0.5) is 0 Å². The van der Waals surface area contributed by atoms with Crippen molar-refractivity contribution in [3.8, 4) is 17.2 Å². The lowest BCUT2D eigenvalue weighted by Crippen LogP contribution is -2.36. The molecule has 0 spiro atoms. The van der Waals surface area contributed by atoms with E-state index in [2.05, 4.69) is 32.2 Å². The predicted octanol–water partition coefficient (Wildman–Crippen LogP) is 3.42. The molecule has 0 aromatic heterocycles. The lowest BCUT2D eigenvalue weighted by atomic mass is 10.0. The molecule has 0 radical (unpaired) electrons. The average molecular weight is 295 g/mol. The van der Waals surface area contributed by atoms with Crippen LogP contribution in [0.3, 0.4) is 0 Å². The third-order valence-electron chi connectivity index (χ3n) is 3.31. The van der Waals surface area contributed by atoms with E-state index in [1.165, 1.54) is 0 Å². The Kier molecular flexibility index (Phi) is 6.82. The number of unbranched alkanes of at least 4 members (excludes halogenated alkanes) is 1. The Morgan fingerprint density at radius 1 is 0.905 bits per heavy atom. The number of methoxy groups -OCH3 is 3. The molecule has 0 unspecified atom stereocenters. The van der Waals surface area contributed by atoms with Crippen LogP contribution in [0.25, 0.3) is 0 Å². The number of benzene rings is 1. The summed E-state index contributed by atoms with van der Waals surface area (Å²) in [5.41, 5.74) is 1.34. The smallest absolute Gasteiger partial charge is 0.203 e. The van der Waals surface area contributed by atoms with Crippen molar-refractivity contribution in [3.05, 3.63) is 17.7 Å². The molecule has 0 aliphatic heterocycles. The highest BCUT2D eigenvalue weighted by Crippen LogP contribution is 2.40. The van der Waals surface area contributed by atoms with Gasteiger partial charge in [0.15, 0.2) is 11.5 Å². The van der Waals surface area contributed by atoms with Gasteiger partial charge >= 0.3 is 0 Å². The highest BCUT2D eigenvalue weighted by atomic mass is 16.5. The van der Waals surface area contributed by atoms with E-state index in [-0.39, 0.29) is 5.54 Å². The molecule has 0 aliphatic rings. The monoisotopic (exact) mass is 295 g/mol. The summed E-state index contributed by atoms with van der Waals surface area (Å²) in [5, 5.41) is 3.50. The van der Waals surface area contributed by atoms with Crippen molar-refractivity contribution in [2.24, 2.45) is 0 Å². The Morgan fingerprint density at radius 3 is 2.10 bits per heavy atom. The molecule has 0 saturated heterocycles. The Bertz CT molecular complexity index is 438. The maximum absolute atomic E-state index is 5.50. The van der Waals surface area contributed by atoms with Gasteiger partial charge in [-0.3, -0.25) is 0 Å². The van der Waals surface area contributed by atoms with Gasteiger partial charge in [0.2, 0.25) is 5.75 Å². The number of hydrogen-bond donors (Lipinski definition) is 1. The van der Waals surface area contributed by atoms with Gasteiger partial charge in [0.25, 0.3) is 0 Å². The zero-order valence-corrected chi connectivity index (χ0v) is 14.2. The van der Waals surface area contributed by atoms with Crippen LogP contribution in [0.5, 0.6) is 17.2 Å². The summed E-state index contributed by atoms with van der Waals surface area (Å²) in [6, 6.07) is 3.99. The summed E-state index contributed by atoms with van der Waals surface area (Å²) in [6.07, 6.45) is 3.21. The lowest BCUT2D eigenvalue weighted by molar-refractivity contribution is 0.322. The minimum absolute atomic E-state index is 0.182. The SMILES string of the molecule is COc1ccc(CCCCNC(C)(C)C)c(OC)c1OC. The molecule has 0 heterocycles. The average Bonchev–Trinajstić information content (AvgIpc) is 2.44. The number of ether oxygens (including phenoxy) is 3. The quantitative estimate of drug-likeness (QED) is 0.746. The molecule has 0 atom stereocenters. The van der Waals surface area contributed by atoms with Gasteiger partial charge in [0.1, 0.15) is 0 Å². The minimum atomic E-state index is 0.182. The van der Waals surface area contributed by atoms with Crippen LogP contribution in [0.2, 0.25) is 0 Å². The molecule has 21 heavy (non-hydrogen) atoms. The maximum Gasteiger partial charge on any atom is 0.203 e. The Balaban J connectivity index is 2.63. The van der Waals surface area contributed by atoms with Crippen molar-refractivity contribution in [2.75, 3.05) is 27.9 Å². The summed E-state index contributed by atoms with van der Waals surface area (Å²) >= 11 is 0. The summed E-state index contributed by atoms with van der Waals surface area (Å²) in [4.78, 5) is 0. The van der Waals surface area contributed by atoms with Gasteiger partial charge < -0.3 is 19.5 Å². The van der Waals surface area contributed by atoms with Crippen LogP contribution in [0.1, 0.15) is 39.2 Å². The molecule has 0 fully saturated rings. The Hall–Kier alpha value is -1.42. The Morgan fingerprint density at radius 2 is 1.57 bits per heavy atom. The zero-order valence-electron chi connectivity index (χ0n) is 14.2. The second kappa shape index (κ2) is 8.13. The van der Waals surface area contributed by atoms with Gasteiger partial charge in [0.05, 0.1) is 21.3 Å². The van der Waals surface area contributed by atoms with Crippen molar-refractivity contribution in [1.29, 1.82) is 0 Å². The van der Waals surface area contributed by atoms with Crippen LogP contribution in [-0.2, 0) is 6.42 Å². The van der Waals surface area contributed by atoms with E-state index in [4.69, 9.17) is 14.2 Å². The van der Waals surface area contributed by atoms with E-state index in [0.717, 1.165) is 37.1 Å². The van der Waals surface area contributed by atoms with Crippen molar-refractivity contribution in [2.45, 2.75) is 45.6 Å². The maximum atomic E-state index is 5.50. The molecular weight excluding hydrogens is 266 g/mol. The zero-order chi connectivity index (χ0) is 15.9. The first-order chi connectivity index (χ1) is 9.92. The van der Waals surface area contributed by atoms with Crippen LogP contribution >= 0.6 is 0 Å². The first kappa shape index (κ1) is 17.6. The van der Waals surface area contributed by atoms with Crippen molar-refractivity contribution >= 4 is 0 Å². The van der Waals surface area contributed by atoms with Crippen molar-refractivity contribution in [3.63, 3.8) is 0 Å². The van der Waals surface area contributed by atoms with Gasteiger partial charge in [-0.2, -0.15) is 0 Å². The fourth-order valence-corrected chi connectivity index (χ4v) is 2.26. The Labute approximate surface area is 128 Å². The normalized spacial score (nSPS) is 11.3. The van der Waals surface area contributed by atoms with Gasteiger partial charge in [-0.15, -0.1) is 0 Å². The summed E-state index contributed by atoms with van der Waals surface area (Å²) in [5.74, 6) is 2.15. The van der Waals surface area contributed by atoms with E-state index >= 15 is 0 Å². The molecule has 0 amide bonds. The topological polar surface area (TPSA) is 39.7 Å². The molecule has 0 saturated carbocycles. The first-order valence-electron chi connectivity index (χ1n) is 7.45. The second-order valence-electron chi connectivity index (χ2n) is 6.13. The molecule has 1 N–H and O–H groups in total.